The minimum absolute atomic E-state index is 0.118. The second-order valence-electron chi connectivity index (χ2n) is 3.76. The van der Waals surface area contributed by atoms with Crippen LogP contribution in [0.3, 0.4) is 0 Å². The van der Waals surface area contributed by atoms with E-state index in [1.807, 2.05) is 6.92 Å². The Labute approximate surface area is 82.6 Å². The molecule has 14 heavy (non-hydrogen) atoms. The van der Waals surface area contributed by atoms with Crippen LogP contribution in [-0.4, -0.2) is 11.8 Å². The average Bonchev–Trinajstić information content (AvgIpc) is 2.09. The molecule has 0 saturated heterocycles. The van der Waals surface area contributed by atoms with E-state index in [2.05, 4.69) is 0 Å². The lowest BCUT2D eigenvalue weighted by atomic mass is 9.73. The highest BCUT2D eigenvalue weighted by molar-refractivity contribution is 5.96. The molecule has 0 heterocycles. The van der Waals surface area contributed by atoms with E-state index >= 15 is 0 Å². The van der Waals surface area contributed by atoms with Gasteiger partial charge < -0.3 is 11.5 Å². The standard InChI is InChI=1S/C10H14N2O2/c1-6-5-7(8(11)13)3-4-10(6,2)9(12)14/h3-6H,1-2H3,(H2,11,13)(H2,12,14). The van der Waals surface area contributed by atoms with Crippen LogP contribution in [0.2, 0.25) is 0 Å². The lowest BCUT2D eigenvalue weighted by Crippen LogP contribution is -2.39. The molecule has 1 aliphatic rings. The number of hydrogen-bond donors (Lipinski definition) is 2. The third-order valence-electron chi connectivity index (χ3n) is 2.80. The molecule has 0 spiro atoms. The van der Waals surface area contributed by atoms with Crippen LogP contribution in [-0.2, 0) is 9.59 Å². The fourth-order valence-electron chi connectivity index (χ4n) is 1.38. The van der Waals surface area contributed by atoms with Crippen molar-refractivity contribution < 1.29 is 9.59 Å². The number of allylic oxidation sites excluding steroid dienone is 1. The summed E-state index contributed by atoms with van der Waals surface area (Å²) >= 11 is 0. The van der Waals surface area contributed by atoms with E-state index in [1.165, 1.54) is 0 Å². The van der Waals surface area contributed by atoms with Crippen molar-refractivity contribution in [2.24, 2.45) is 22.8 Å². The Balaban J connectivity index is 3.02. The smallest absolute Gasteiger partial charge is 0.248 e. The molecular weight excluding hydrogens is 180 g/mol. The Morgan fingerprint density at radius 3 is 2.36 bits per heavy atom. The van der Waals surface area contributed by atoms with Crippen LogP contribution < -0.4 is 11.5 Å². The summed E-state index contributed by atoms with van der Waals surface area (Å²) in [5.74, 6) is -1.01. The van der Waals surface area contributed by atoms with Crippen molar-refractivity contribution in [2.45, 2.75) is 13.8 Å². The molecule has 0 aromatic heterocycles. The van der Waals surface area contributed by atoms with Crippen LogP contribution in [0.1, 0.15) is 13.8 Å². The average molecular weight is 194 g/mol. The Bertz CT molecular complexity index is 344. The van der Waals surface area contributed by atoms with E-state index in [9.17, 15) is 9.59 Å². The van der Waals surface area contributed by atoms with Gasteiger partial charge in [0.15, 0.2) is 0 Å². The minimum Gasteiger partial charge on any atom is -0.369 e. The Kier molecular flexibility index (Phi) is 2.47. The minimum atomic E-state index is -0.723. The topological polar surface area (TPSA) is 86.2 Å². The molecule has 76 valence electrons. The largest absolute Gasteiger partial charge is 0.369 e. The predicted molar refractivity (Wildman–Crippen MR) is 52.9 cm³/mol. The zero-order valence-corrected chi connectivity index (χ0v) is 8.28. The SMILES string of the molecule is CC1C=C(C(N)=O)C=CC1(C)C(N)=O. The molecule has 4 N–H and O–H groups in total. The predicted octanol–water partition coefficient (Wildman–Crippen LogP) is 0.0956. The number of amides is 2. The van der Waals surface area contributed by atoms with Crippen molar-refractivity contribution in [3.8, 4) is 0 Å². The molecule has 4 nitrogen and oxygen atoms in total. The molecule has 1 rings (SSSR count). The highest BCUT2D eigenvalue weighted by Crippen LogP contribution is 2.34. The highest BCUT2D eigenvalue weighted by Gasteiger charge is 2.35. The van der Waals surface area contributed by atoms with E-state index in [0.717, 1.165) is 0 Å². The van der Waals surface area contributed by atoms with Crippen LogP contribution >= 0.6 is 0 Å². The van der Waals surface area contributed by atoms with Gasteiger partial charge in [-0.2, -0.15) is 0 Å². The lowest BCUT2D eigenvalue weighted by Gasteiger charge is -2.30. The molecule has 2 unspecified atom stereocenters. The summed E-state index contributed by atoms with van der Waals surface area (Å²) in [5, 5.41) is 0. The van der Waals surface area contributed by atoms with Gasteiger partial charge in [-0.15, -0.1) is 0 Å². The number of rotatable bonds is 2. The van der Waals surface area contributed by atoms with Crippen molar-refractivity contribution >= 4 is 11.8 Å². The molecule has 4 heteroatoms. The van der Waals surface area contributed by atoms with Crippen LogP contribution in [0.25, 0.3) is 0 Å². The van der Waals surface area contributed by atoms with E-state index in [1.54, 1.807) is 25.2 Å². The lowest BCUT2D eigenvalue weighted by molar-refractivity contribution is -0.126. The number of carbonyl (C=O) groups excluding carboxylic acids is 2. The van der Waals surface area contributed by atoms with E-state index in [4.69, 9.17) is 11.5 Å². The van der Waals surface area contributed by atoms with Gasteiger partial charge in [0.2, 0.25) is 11.8 Å². The molecule has 2 amide bonds. The second kappa shape index (κ2) is 3.29. The number of hydrogen-bond acceptors (Lipinski definition) is 2. The van der Waals surface area contributed by atoms with E-state index in [0.29, 0.717) is 5.57 Å². The fourth-order valence-corrected chi connectivity index (χ4v) is 1.38. The molecule has 0 radical (unpaired) electrons. The first-order chi connectivity index (χ1) is 6.38. The summed E-state index contributed by atoms with van der Waals surface area (Å²) in [7, 11) is 0. The second-order valence-corrected chi connectivity index (χ2v) is 3.76. The molecule has 0 aromatic carbocycles. The Morgan fingerprint density at radius 2 is 2.00 bits per heavy atom. The summed E-state index contributed by atoms with van der Waals surface area (Å²) < 4.78 is 0. The number of primary amides is 2. The fraction of sp³-hybridized carbons (Fsp3) is 0.400. The summed E-state index contributed by atoms with van der Waals surface area (Å²) in [6, 6.07) is 0. The van der Waals surface area contributed by atoms with Crippen LogP contribution in [0.5, 0.6) is 0 Å². The summed E-state index contributed by atoms with van der Waals surface area (Å²) in [4.78, 5) is 22.1. The maximum absolute atomic E-state index is 11.2. The first kappa shape index (κ1) is 10.5. The maximum Gasteiger partial charge on any atom is 0.248 e. The summed E-state index contributed by atoms with van der Waals surface area (Å²) in [6.45, 7) is 3.57. The first-order valence-electron chi connectivity index (χ1n) is 4.38. The van der Waals surface area contributed by atoms with Gasteiger partial charge in [0, 0.05) is 5.57 Å². The summed E-state index contributed by atoms with van der Waals surface area (Å²) in [5.41, 5.74) is 10.1. The van der Waals surface area contributed by atoms with Crippen molar-refractivity contribution in [1.82, 2.24) is 0 Å². The van der Waals surface area contributed by atoms with Crippen LogP contribution in [0.4, 0.5) is 0 Å². The van der Waals surface area contributed by atoms with Gasteiger partial charge in [0.05, 0.1) is 5.41 Å². The van der Waals surface area contributed by atoms with Crippen LogP contribution in [0, 0.1) is 11.3 Å². The Morgan fingerprint density at radius 1 is 1.43 bits per heavy atom. The first-order valence-corrected chi connectivity index (χ1v) is 4.38. The molecule has 1 aliphatic carbocycles. The molecule has 0 aromatic rings. The van der Waals surface area contributed by atoms with Gasteiger partial charge in [-0.05, 0) is 12.8 Å². The van der Waals surface area contributed by atoms with E-state index < -0.39 is 17.2 Å². The Hall–Kier alpha value is -1.58. The highest BCUT2D eigenvalue weighted by atomic mass is 16.1. The molecule has 2 atom stereocenters. The zero-order chi connectivity index (χ0) is 10.9. The number of nitrogens with two attached hydrogens (primary N) is 2. The molecule has 0 bridgehead atoms. The zero-order valence-electron chi connectivity index (χ0n) is 8.28. The third kappa shape index (κ3) is 1.55. The monoisotopic (exact) mass is 194 g/mol. The number of carbonyl (C=O) groups is 2. The van der Waals surface area contributed by atoms with Crippen LogP contribution in [0.15, 0.2) is 23.8 Å². The summed E-state index contributed by atoms with van der Waals surface area (Å²) in [6.07, 6.45) is 4.86. The van der Waals surface area contributed by atoms with Gasteiger partial charge in [-0.25, -0.2) is 0 Å². The quantitative estimate of drug-likeness (QED) is 0.653. The third-order valence-corrected chi connectivity index (χ3v) is 2.80. The van der Waals surface area contributed by atoms with Crippen molar-refractivity contribution in [1.29, 1.82) is 0 Å². The molecule has 0 saturated carbocycles. The van der Waals surface area contributed by atoms with Crippen molar-refractivity contribution in [2.75, 3.05) is 0 Å². The van der Waals surface area contributed by atoms with Gasteiger partial charge in [-0.1, -0.05) is 25.2 Å². The van der Waals surface area contributed by atoms with Crippen molar-refractivity contribution in [3.05, 3.63) is 23.8 Å². The molecule has 0 fully saturated rings. The van der Waals surface area contributed by atoms with Gasteiger partial charge >= 0.3 is 0 Å². The van der Waals surface area contributed by atoms with Gasteiger partial charge in [0.1, 0.15) is 0 Å². The van der Waals surface area contributed by atoms with E-state index in [-0.39, 0.29) is 5.92 Å². The molecule has 0 aliphatic heterocycles. The maximum atomic E-state index is 11.2. The normalized spacial score (nSPS) is 31.0. The van der Waals surface area contributed by atoms with Gasteiger partial charge in [-0.3, -0.25) is 9.59 Å². The van der Waals surface area contributed by atoms with Crippen molar-refractivity contribution in [3.63, 3.8) is 0 Å². The van der Waals surface area contributed by atoms with Gasteiger partial charge in [0.25, 0.3) is 0 Å². The molecular formula is C10H14N2O2.